The van der Waals surface area contributed by atoms with Crippen LogP contribution < -0.4 is 10.6 Å². The van der Waals surface area contributed by atoms with Gasteiger partial charge in [-0.15, -0.1) is 0 Å². The zero-order valence-corrected chi connectivity index (χ0v) is 18.7. The number of aliphatic hydroxyl groups is 1. The number of carbonyl (C=O) groups is 3. The van der Waals surface area contributed by atoms with E-state index in [9.17, 15) is 19.5 Å². The normalized spacial score (nSPS) is 26.8. The van der Waals surface area contributed by atoms with Gasteiger partial charge in [0.15, 0.2) is 0 Å². The number of unbranched alkanes of at least 4 members (excludes halogenated alkanes) is 2. The van der Waals surface area contributed by atoms with Crippen molar-refractivity contribution in [1.29, 1.82) is 0 Å². The number of benzene rings is 1. The summed E-state index contributed by atoms with van der Waals surface area (Å²) >= 11 is 0. The number of aliphatic hydroxyl groups excluding tert-OH is 1. The molecule has 32 heavy (non-hydrogen) atoms. The predicted octanol–water partition coefficient (Wildman–Crippen LogP) is 2.82. The van der Waals surface area contributed by atoms with E-state index in [-0.39, 0.29) is 36.6 Å². The number of esters is 1. The van der Waals surface area contributed by atoms with Gasteiger partial charge in [0.1, 0.15) is 0 Å². The number of allylic oxidation sites excluding steroid dienone is 2. The first-order valence-electron chi connectivity index (χ1n) is 11.6. The van der Waals surface area contributed by atoms with Crippen LogP contribution in [-0.2, 0) is 19.1 Å². The van der Waals surface area contributed by atoms with Crippen molar-refractivity contribution in [3.05, 3.63) is 42.5 Å². The van der Waals surface area contributed by atoms with E-state index in [0.717, 1.165) is 31.4 Å². The highest BCUT2D eigenvalue weighted by Crippen LogP contribution is 2.40. The van der Waals surface area contributed by atoms with Gasteiger partial charge in [-0.3, -0.25) is 14.4 Å². The Kier molecular flexibility index (Phi) is 8.45. The van der Waals surface area contributed by atoms with E-state index in [1.807, 2.05) is 37.3 Å². The molecular weight excluding hydrogens is 408 g/mol. The number of rotatable bonds is 11. The summed E-state index contributed by atoms with van der Waals surface area (Å²) < 4.78 is 5.05. The maximum atomic E-state index is 13.3. The second-order valence-electron chi connectivity index (χ2n) is 8.75. The Bertz CT molecular complexity index is 825. The number of nitrogens with zero attached hydrogens (tertiary/aromatic N) is 1. The summed E-state index contributed by atoms with van der Waals surface area (Å²) in [6.07, 6.45) is 7.46. The smallest absolute Gasteiger partial charge is 0.309 e. The van der Waals surface area contributed by atoms with Gasteiger partial charge in [-0.05, 0) is 63.5 Å². The molecule has 0 heterocycles. The van der Waals surface area contributed by atoms with E-state index in [2.05, 4.69) is 12.2 Å². The molecule has 1 aromatic rings. The topological polar surface area (TPSA) is 110 Å². The summed E-state index contributed by atoms with van der Waals surface area (Å²) in [4.78, 5) is 38.5. The Hall–Kier alpha value is -2.67. The van der Waals surface area contributed by atoms with Crippen LogP contribution in [0.5, 0.6) is 0 Å². The Morgan fingerprint density at radius 3 is 2.50 bits per heavy atom. The minimum absolute atomic E-state index is 0.0114. The molecule has 5 unspecified atom stereocenters. The average molecular weight is 443 g/mol. The number of hydrogen-bond donors (Lipinski definition) is 2. The maximum Gasteiger partial charge on any atom is 0.309 e. The van der Waals surface area contributed by atoms with E-state index < -0.39 is 23.8 Å². The fourth-order valence-electron chi connectivity index (χ4n) is 4.52. The largest absolute Gasteiger partial charge is 0.466 e. The monoisotopic (exact) mass is 442 g/mol. The van der Waals surface area contributed by atoms with Crippen molar-refractivity contribution in [3.63, 3.8) is 0 Å². The van der Waals surface area contributed by atoms with Gasteiger partial charge in [-0.25, -0.2) is 0 Å². The molecule has 2 aliphatic carbocycles. The molecule has 5 atom stereocenters. The lowest BCUT2D eigenvalue weighted by Gasteiger charge is -2.27. The Labute approximate surface area is 189 Å². The zero-order chi connectivity index (χ0) is 23.1. The molecule has 0 bridgehead atoms. The zero-order valence-electron chi connectivity index (χ0n) is 18.7. The number of anilines is 1. The third-order valence-corrected chi connectivity index (χ3v) is 6.37. The van der Waals surface area contributed by atoms with Crippen molar-refractivity contribution < 1.29 is 24.2 Å². The van der Waals surface area contributed by atoms with Crippen LogP contribution in [0, 0.1) is 23.7 Å². The fraction of sp³-hybridized carbons (Fsp3) is 0.560. The summed E-state index contributed by atoms with van der Waals surface area (Å²) in [5.41, 5.74) is 6.28. The third-order valence-electron chi connectivity index (χ3n) is 6.37. The van der Waals surface area contributed by atoms with Gasteiger partial charge in [-0.2, -0.15) is 0 Å². The Balaban J connectivity index is 1.52. The number of ether oxygens (including phenoxy) is 1. The molecule has 0 radical (unpaired) electrons. The van der Waals surface area contributed by atoms with E-state index in [1.165, 1.54) is 0 Å². The Morgan fingerprint density at radius 2 is 1.81 bits per heavy atom. The summed E-state index contributed by atoms with van der Waals surface area (Å²) in [7, 11) is 0. The van der Waals surface area contributed by atoms with Gasteiger partial charge >= 0.3 is 5.97 Å². The van der Waals surface area contributed by atoms with Gasteiger partial charge in [0.2, 0.25) is 11.8 Å². The number of nitrogens with two attached hydrogens (primary N) is 1. The minimum atomic E-state index is -0.676. The molecule has 2 aliphatic rings. The van der Waals surface area contributed by atoms with E-state index in [4.69, 9.17) is 10.5 Å². The van der Waals surface area contributed by atoms with E-state index in [1.54, 1.807) is 4.90 Å². The summed E-state index contributed by atoms with van der Waals surface area (Å²) in [5.74, 6) is -1.70. The standard InChI is InChI=1S/C25H34N2O5/c1-2-32-25(31)20-14-17(20)10-6-3-4-9-13-27(18-11-7-5-8-12-18)24(30)22-16-19(28)15-21(22)23(26)29/h5-8,10-12,17,19-22,28H,2-4,9,13-16H2,1H3,(H2,26,29). The van der Waals surface area contributed by atoms with Crippen molar-refractivity contribution in [3.8, 4) is 0 Å². The predicted molar refractivity (Wildman–Crippen MR) is 121 cm³/mol. The number of para-hydroxylation sites is 1. The molecular formula is C25H34N2O5. The fourth-order valence-corrected chi connectivity index (χ4v) is 4.52. The van der Waals surface area contributed by atoms with Gasteiger partial charge in [-0.1, -0.05) is 30.4 Å². The van der Waals surface area contributed by atoms with Crippen LogP contribution in [0.1, 0.15) is 45.4 Å². The van der Waals surface area contributed by atoms with Crippen LogP contribution in [-0.4, -0.2) is 42.1 Å². The van der Waals surface area contributed by atoms with Gasteiger partial charge < -0.3 is 20.5 Å². The van der Waals surface area contributed by atoms with Crippen molar-refractivity contribution in [2.24, 2.45) is 29.4 Å². The summed E-state index contributed by atoms with van der Waals surface area (Å²) in [6, 6.07) is 9.41. The molecule has 2 fully saturated rings. The van der Waals surface area contributed by atoms with Gasteiger partial charge in [0.25, 0.3) is 0 Å². The minimum Gasteiger partial charge on any atom is -0.466 e. The molecule has 2 saturated carbocycles. The van der Waals surface area contributed by atoms with E-state index in [0.29, 0.717) is 13.2 Å². The second-order valence-corrected chi connectivity index (χ2v) is 8.75. The number of primary amides is 1. The van der Waals surface area contributed by atoms with Crippen LogP contribution in [0.3, 0.4) is 0 Å². The first-order valence-corrected chi connectivity index (χ1v) is 11.6. The first-order chi connectivity index (χ1) is 15.4. The average Bonchev–Trinajstić information content (AvgIpc) is 3.45. The molecule has 2 amide bonds. The van der Waals surface area contributed by atoms with E-state index >= 15 is 0 Å². The quantitative estimate of drug-likeness (QED) is 0.311. The molecule has 7 nitrogen and oxygen atoms in total. The molecule has 0 saturated heterocycles. The van der Waals surface area contributed by atoms with Crippen LogP contribution in [0.2, 0.25) is 0 Å². The number of amides is 2. The van der Waals surface area contributed by atoms with Crippen LogP contribution in [0.25, 0.3) is 0 Å². The molecule has 0 spiro atoms. The molecule has 1 aromatic carbocycles. The van der Waals surface area contributed by atoms with Crippen molar-refractivity contribution in [1.82, 2.24) is 0 Å². The summed E-state index contributed by atoms with van der Waals surface area (Å²) in [6.45, 7) is 2.77. The highest BCUT2D eigenvalue weighted by atomic mass is 16.5. The van der Waals surface area contributed by atoms with Gasteiger partial charge in [0, 0.05) is 12.2 Å². The van der Waals surface area contributed by atoms with Crippen LogP contribution in [0.4, 0.5) is 5.69 Å². The SMILES string of the molecule is CCOC(=O)C1CC1C=CCCCCN(C(=O)C1CC(O)CC1C(N)=O)c1ccccc1. The lowest BCUT2D eigenvalue weighted by molar-refractivity contribution is -0.144. The van der Waals surface area contributed by atoms with Crippen LogP contribution in [0.15, 0.2) is 42.5 Å². The molecule has 3 rings (SSSR count). The lowest BCUT2D eigenvalue weighted by atomic mass is 9.93. The van der Waals surface area contributed by atoms with Crippen molar-refractivity contribution in [2.75, 3.05) is 18.1 Å². The Morgan fingerprint density at radius 1 is 1.09 bits per heavy atom. The molecule has 7 heteroatoms. The van der Waals surface area contributed by atoms with Gasteiger partial charge in [0.05, 0.1) is 30.5 Å². The number of carbonyl (C=O) groups excluding carboxylic acids is 3. The lowest BCUT2D eigenvalue weighted by Crippen LogP contribution is -2.41. The third kappa shape index (κ3) is 6.19. The maximum absolute atomic E-state index is 13.3. The number of hydrogen-bond acceptors (Lipinski definition) is 5. The molecule has 0 aromatic heterocycles. The highest BCUT2D eigenvalue weighted by Gasteiger charge is 2.43. The van der Waals surface area contributed by atoms with Crippen molar-refractivity contribution in [2.45, 2.75) is 51.6 Å². The van der Waals surface area contributed by atoms with Crippen molar-refractivity contribution >= 4 is 23.5 Å². The first kappa shape index (κ1) is 24.0. The highest BCUT2D eigenvalue weighted by molar-refractivity contribution is 5.98. The molecule has 3 N–H and O–H groups in total. The molecule has 0 aliphatic heterocycles. The summed E-state index contributed by atoms with van der Waals surface area (Å²) in [5, 5.41) is 10.0. The second kappa shape index (κ2) is 11.3. The molecule has 174 valence electrons. The van der Waals surface area contributed by atoms with Crippen LogP contribution >= 0.6 is 0 Å².